The number of rotatable bonds is 3. The van der Waals surface area contributed by atoms with Crippen molar-refractivity contribution in [3.63, 3.8) is 0 Å². The zero-order chi connectivity index (χ0) is 26.3. The van der Waals surface area contributed by atoms with Gasteiger partial charge in [-0.25, -0.2) is 4.98 Å². The van der Waals surface area contributed by atoms with Crippen LogP contribution in [0.1, 0.15) is 71.5 Å². The number of aliphatic hydroxyl groups excluding tert-OH is 3. The number of thiazole rings is 1. The van der Waals surface area contributed by atoms with Gasteiger partial charge in [0.05, 0.1) is 36.3 Å². The lowest BCUT2D eigenvalue weighted by molar-refractivity contribution is -0.154. The minimum atomic E-state index is -1.26. The Morgan fingerprint density at radius 1 is 1.29 bits per heavy atom. The highest BCUT2D eigenvalue weighted by Gasteiger charge is 2.42. The number of Topliss-reactive ketones (excluding diaryl/α,β-unsaturated/α-hetero) is 1. The number of cyclic esters (lactones) is 1. The first kappa shape index (κ1) is 29.1. The van der Waals surface area contributed by atoms with Crippen LogP contribution in [0.4, 0.5) is 0 Å². The van der Waals surface area contributed by atoms with E-state index in [0.29, 0.717) is 23.5 Å². The summed E-state index contributed by atoms with van der Waals surface area (Å²) in [5.41, 5.74) is 1.30. The summed E-state index contributed by atoms with van der Waals surface area (Å²) in [4.78, 5) is 30.3. The smallest absolute Gasteiger partial charge is 0.309 e. The number of ether oxygens (including phenoxy) is 1. The first-order valence-corrected chi connectivity index (χ1v) is 12.9. The molecule has 1 aliphatic rings. The molecule has 0 spiro atoms. The van der Waals surface area contributed by atoms with Gasteiger partial charge in [-0.1, -0.05) is 51.5 Å². The Labute approximate surface area is 212 Å². The number of carbonyl (C=O) groups is 2. The molecular weight excluding hydrogens is 466 g/mol. The molecule has 7 nitrogen and oxygen atoms in total. The summed E-state index contributed by atoms with van der Waals surface area (Å²) in [5, 5.41) is 33.2. The summed E-state index contributed by atoms with van der Waals surface area (Å²) >= 11 is 1.35. The summed E-state index contributed by atoms with van der Waals surface area (Å²) < 4.78 is 5.77. The zero-order valence-corrected chi connectivity index (χ0v) is 22.3. The van der Waals surface area contributed by atoms with Gasteiger partial charge < -0.3 is 20.1 Å². The van der Waals surface area contributed by atoms with Gasteiger partial charge in [0.1, 0.15) is 16.9 Å². The normalized spacial score (nSPS) is 29.6. The van der Waals surface area contributed by atoms with E-state index >= 15 is 0 Å². The van der Waals surface area contributed by atoms with Crippen LogP contribution in [0.5, 0.6) is 0 Å². The van der Waals surface area contributed by atoms with Crippen LogP contribution in [0.2, 0.25) is 0 Å². The molecule has 2 heterocycles. The minimum absolute atomic E-state index is 0.133. The van der Waals surface area contributed by atoms with Crippen LogP contribution in [0, 0.1) is 17.3 Å². The summed E-state index contributed by atoms with van der Waals surface area (Å²) in [6.07, 6.45) is 5.75. The summed E-state index contributed by atoms with van der Waals surface area (Å²) in [6, 6.07) is 0. The summed E-state index contributed by atoms with van der Waals surface area (Å²) in [5.74, 6) is -1.86. The Hall–Kier alpha value is -2.13. The van der Waals surface area contributed by atoms with E-state index in [1.165, 1.54) is 11.3 Å². The van der Waals surface area contributed by atoms with E-state index in [9.17, 15) is 24.9 Å². The molecule has 1 aromatic heterocycles. The fraction of sp³-hybridized carbons (Fsp3) is 0.593. The van der Waals surface area contributed by atoms with Crippen LogP contribution in [0.15, 0.2) is 34.8 Å². The highest BCUT2D eigenvalue weighted by Crippen LogP contribution is 2.31. The molecule has 35 heavy (non-hydrogen) atoms. The Morgan fingerprint density at radius 3 is 2.60 bits per heavy atom. The second kappa shape index (κ2) is 12.7. The van der Waals surface area contributed by atoms with Crippen LogP contribution in [0.3, 0.4) is 0 Å². The monoisotopic (exact) mass is 505 g/mol. The Morgan fingerprint density at radius 2 is 1.97 bits per heavy atom. The lowest BCUT2D eigenvalue weighted by Gasteiger charge is -2.34. The molecule has 1 aliphatic heterocycles. The van der Waals surface area contributed by atoms with Gasteiger partial charge in [0.15, 0.2) is 0 Å². The van der Waals surface area contributed by atoms with Crippen molar-refractivity contribution in [3.05, 3.63) is 45.5 Å². The number of aromatic nitrogens is 1. The van der Waals surface area contributed by atoms with Crippen molar-refractivity contribution in [2.75, 3.05) is 0 Å². The van der Waals surface area contributed by atoms with Crippen LogP contribution in [-0.2, 0) is 20.9 Å². The predicted molar refractivity (Wildman–Crippen MR) is 137 cm³/mol. The van der Waals surface area contributed by atoms with Gasteiger partial charge in [0.25, 0.3) is 0 Å². The van der Waals surface area contributed by atoms with Gasteiger partial charge in [0, 0.05) is 23.6 Å². The van der Waals surface area contributed by atoms with Crippen LogP contribution >= 0.6 is 11.3 Å². The van der Waals surface area contributed by atoms with E-state index in [0.717, 1.165) is 11.1 Å². The summed E-state index contributed by atoms with van der Waals surface area (Å²) in [7, 11) is 0. The fourth-order valence-corrected chi connectivity index (χ4v) is 4.68. The zero-order valence-electron chi connectivity index (χ0n) is 21.5. The number of nitrogens with zero attached hydrogens (tertiary/aromatic N) is 1. The highest BCUT2D eigenvalue weighted by atomic mass is 32.1. The van der Waals surface area contributed by atoms with Crippen molar-refractivity contribution in [2.45, 2.75) is 85.7 Å². The van der Waals surface area contributed by atoms with Crippen LogP contribution in [-0.4, -0.2) is 50.4 Å². The molecule has 194 valence electrons. The number of aliphatic hydroxyl groups is 3. The molecule has 0 saturated carbocycles. The van der Waals surface area contributed by atoms with Gasteiger partial charge in [0.2, 0.25) is 0 Å². The third kappa shape index (κ3) is 7.93. The van der Waals surface area contributed by atoms with Gasteiger partial charge in [-0.2, -0.15) is 0 Å². The SMILES string of the molecule is CC1=CC[C@@H](C(C)=Cc2csc(CO)n2)OC(=O)C[C@H](O)C(C)(C)C(=O)[C@H](C)[C@@H](O)[C@@H](C)C=CC1. The molecule has 0 saturated heterocycles. The largest absolute Gasteiger partial charge is 0.457 e. The van der Waals surface area contributed by atoms with Crippen LogP contribution < -0.4 is 0 Å². The lowest BCUT2D eigenvalue weighted by atomic mass is 9.73. The standard InChI is InChI=1S/C27H39NO6S/c1-16-8-7-9-17(2)25(32)19(4)26(33)27(5,6)22(30)13-24(31)34-21(11-10-16)18(3)12-20-15-35-23(14-29)28-20/h7,9-10,12,15,17,19,21-22,25,29-30,32H,8,11,13-14H2,1-6H3/t17-,19+,21-,22-,25-/m0/s1. The van der Waals surface area contributed by atoms with Crippen LogP contribution in [0.25, 0.3) is 6.08 Å². The molecular formula is C27H39NO6S. The van der Waals surface area contributed by atoms with Crippen molar-refractivity contribution in [1.29, 1.82) is 0 Å². The van der Waals surface area contributed by atoms with E-state index in [-0.39, 0.29) is 24.7 Å². The van der Waals surface area contributed by atoms with Crippen molar-refractivity contribution >= 4 is 29.2 Å². The lowest BCUT2D eigenvalue weighted by Crippen LogP contribution is -2.45. The van der Waals surface area contributed by atoms with E-state index in [4.69, 9.17) is 4.74 Å². The molecule has 0 amide bonds. The van der Waals surface area contributed by atoms with Gasteiger partial charge in [-0.3, -0.25) is 9.59 Å². The third-order valence-corrected chi connectivity index (χ3v) is 7.57. The van der Waals surface area contributed by atoms with Gasteiger partial charge >= 0.3 is 5.97 Å². The first-order valence-electron chi connectivity index (χ1n) is 12.0. The van der Waals surface area contributed by atoms with Crippen molar-refractivity contribution in [1.82, 2.24) is 4.98 Å². The Bertz CT molecular complexity index is 976. The van der Waals surface area contributed by atoms with Gasteiger partial charge in [-0.05, 0) is 31.9 Å². The molecule has 0 aliphatic carbocycles. The van der Waals surface area contributed by atoms with E-state index in [1.807, 2.05) is 50.5 Å². The van der Waals surface area contributed by atoms with Crippen molar-refractivity contribution < 1.29 is 29.6 Å². The molecule has 1 aromatic rings. The Kier molecular flexibility index (Phi) is 10.6. The van der Waals surface area contributed by atoms with E-state index in [2.05, 4.69) is 4.98 Å². The third-order valence-electron chi connectivity index (χ3n) is 6.71. The highest BCUT2D eigenvalue weighted by molar-refractivity contribution is 7.09. The molecule has 0 radical (unpaired) electrons. The van der Waals surface area contributed by atoms with Crippen molar-refractivity contribution in [2.24, 2.45) is 17.3 Å². The minimum Gasteiger partial charge on any atom is -0.457 e. The maximum atomic E-state index is 13.1. The second-order valence-electron chi connectivity index (χ2n) is 10.1. The quantitative estimate of drug-likeness (QED) is 0.416. The molecule has 0 unspecified atom stereocenters. The van der Waals surface area contributed by atoms with E-state index in [1.54, 1.807) is 20.8 Å². The summed E-state index contributed by atoms with van der Waals surface area (Å²) in [6.45, 7) is 10.4. The maximum Gasteiger partial charge on any atom is 0.309 e. The topological polar surface area (TPSA) is 117 Å². The average molecular weight is 506 g/mol. The maximum absolute atomic E-state index is 13.1. The average Bonchev–Trinajstić information content (AvgIpc) is 3.26. The predicted octanol–water partition coefficient (Wildman–Crippen LogP) is 4.23. The van der Waals surface area contributed by atoms with E-state index < -0.39 is 35.6 Å². The molecule has 0 bridgehead atoms. The number of hydrogen-bond donors (Lipinski definition) is 3. The first-order chi connectivity index (χ1) is 16.4. The number of allylic oxidation sites excluding steroid dienone is 2. The van der Waals surface area contributed by atoms with Crippen molar-refractivity contribution in [3.8, 4) is 0 Å². The molecule has 2 rings (SSSR count). The van der Waals surface area contributed by atoms with Gasteiger partial charge in [-0.15, -0.1) is 11.3 Å². The fourth-order valence-electron chi connectivity index (χ4n) is 4.07. The number of esters is 1. The molecule has 8 heteroatoms. The molecule has 0 fully saturated rings. The number of ketones is 1. The molecule has 5 atom stereocenters. The number of hydrogen-bond acceptors (Lipinski definition) is 8. The molecule has 0 aromatic carbocycles. The number of carbonyl (C=O) groups excluding carboxylic acids is 2. The Balaban J connectivity index is 2.37. The molecule has 3 N–H and O–H groups in total. The second-order valence-corrected chi connectivity index (χ2v) is 11.0.